The second-order valence-corrected chi connectivity index (χ2v) is 3.46. The summed E-state index contributed by atoms with van der Waals surface area (Å²) in [5, 5.41) is 0.916. The number of nitrogens with zero attached hydrogens (tertiary/aromatic N) is 2. The van der Waals surface area contributed by atoms with Crippen molar-refractivity contribution in [1.82, 2.24) is 9.97 Å². The lowest BCUT2D eigenvalue weighted by Crippen LogP contribution is -1.90. The Kier molecular flexibility index (Phi) is 2.14. The Bertz CT molecular complexity index is 445. The molecule has 0 amide bonds. The average molecular weight is 239 g/mol. The Morgan fingerprint density at radius 3 is 2.92 bits per heavy atom. The summed E-state index contributed by atoms with van der Waals surface area (Å²) in [5.41, 5.74) is 0.884. The maximum atomic E-state index is 5.11. The number of aromatic nitrogens is 2. The van der Waals surface area contributed by atoms with E-state index in [9.17, 15) is 0 Å². The first-order valence-electron chi connectivity index (χ1n) is 3.75. The largest absolute Gasteiger partial charge is 0.480 e. The van der Waals surface area contributed by atoms with Crippen molar-refractivity contribution in [3.05, 3.63) is 29.0 Å². The van der Waals surface area contributed by atoms with Crippen LogP contribution in [0.2, 0.25) is 0 Å². The third-order valence-electron chi connectivity index (χ3n) is 1.75. The van der Waals surface area contributed by atoms with Gasteiger partial charge in [0.1, 0.15) is 6.33 Å². The Balaban J connectivity index is 2.79. The highest BCUT2D eigenvalue weighted by molar-refractivity contribution is 9.10. The van der Waals surface area contributed by atoms with Crippen LogP contribution in [0.3, 0.4) is 0 Å². The lowest BCUT2D eigenvalue weighted by Gasteiger charge is -2.02. The lowest BCUT2D eigenvalue weighted by atomic mass is 10.2. The van der Waals surface area contributed by atoms with E-state index in [1.807, 2.05) is 18.2 Å². The number of hydrogen-bond acceptors (Lipinski definition) is 3. The molecule has 13 heavy (non-hydrogen) atoms. The van der Waals surface area contributed by atoms with Crippen LogP contribution in [0.15, 0.2) is 29.0 Å². The van der Waals surface area contributed by atoms with Gasteiger partial charge >= 0.3 is 0 Å². The minimum atomic E-state index is 0.603. The summed E-state index contributed by atoms with van der Waals surface area (Å²) in [6.45, 7) is 0. The van der Waals surface area contributed by atoms with Gasteiger partial charge in [-0.25, -0.2) is 9.97 Å². The van der Waals surface area contributed by atoms with Crippen LogP contribution in [0.25, 0.3) is 10.9 Å². The standard InChI is InChI=1S/C9H7BrN2O/c1-13-9-7-4-6(10)2-3-8(7)11-5-12-9/h2-5H,1H3. The smallest absolute Gasteiger partial charge is 0.224 e. The molecule has 0 fully saturated rings. The zero-order valence-corrected chi connectivity index (χ0v) is 8.58. The molecule has 0 saturated heterocycles. The van der Waals surface area contributed by atoms with Gasteiger partial charge in [0.2, 0.25) is 5.88 Å². The normalized spacial score (nSPS) is 10.3. The average Bonchev–Trinajstić information content (AvgIpc) is 2.17. The van der Waals surface area contributed by atoms with E-state index in [-0.39, 0.29) is 0 Å². The maximum Gasteiger partial charge on any atom is 0.224 e. The molecule has 0 atom stereocenters. The first kappa shape index (κ1) is 8.44. The van der Waals surface area contributed by atoms with Gasteiger partial charge in [-0.05, 0) is 18.2 Å². The summed E-state index contributed by atoms with van der Waals surface area (Å²) >= 11 is 3.38. The van der Waals surface area contributed by atoms with Crippen LogP contribution in [-0.4, -0.2) is 17.1 Å². The van der Waals surface area contributed by atoms with Crippen molar-refractivity contribution < 1.29 is 4.74 Å². The van der Waals surface area contributed by atoms with E-state index in [4.69, 9.17) is 4.74 Å². The molecular weight excluding hydrogens is 232 g/mol. The van der Waals surface area contributed by atoms with E-state index in [1.165, 1.54) is 6.33 Å². The van der Waals surface area contributed by atoms with Crippen LogP contribution in [0.5, 0.6) is 5.88 Å². The Morgan fingerprint density at radius 1 is 1.31 bits per heavy atom. The van der Waals surface area contributed by atoms with Gasteiger partial charge in [0.15, 0.2) is 0 Å². The van der Waals surface area contributed by atoms with Crippen molar-refractivity contribution in [3.63, 3.8) is 0 Å². The molecule has 1 heterocycles. The molecule has 4 heteroatoms. The first-order valence-corrected chi connectivity index (χ1v) is 4.55. The molecule has 0 radical (unpaired) electrons. The summed E-state index contributed by atoms with van der Waals surface area (Å²) in [4.78, 5) is 8.13. The van der Waals surface area contributed by atoms with Gasteiger partial charge in [0, 0.05) is 4.47 Å². The van der Waals surface area contributed by atoms with Crippen LogP contribution in [0, 0.1) is 0 Å². The molecule has 1 aromatic heterocycles. The molecule has 2 rings (SSSR count). The monoisotopic (exact) mass is 238 g/mol. The number of halogens is 1. The van der Waals surface area contributed by atoms with Gasteiger partial charge in [-0.3, -0.25) is 0 Å². The van der Waals surface area contributed by atoms with Crippen LogP contribution in [0.4, 0.5) is 0 Å². The number of benzene rings is 1. The molecule has 3 nitrogen and oxygen atoms in total. The Labute approximate surface area is 83.9 Å². The summed E-state index contributed by atoms with van der Waals surface area (Å²) in [7, 11) is 1.60. The predicted molar refractivity (Wildman–Crippen MR) is 53.8 cm³/mol. The van der Waals surface area contributed by atoms with Crippen LogP contribution >= 0.6 is 15.9 Å². The second-order valence-electron chi connectivity index (χ2n) is 2.54. The second kappa shape index (κ2) is 3.30. The molecule has 0 aliphatic rings. The summed E-state index contributed by atoms with van der Waals surface area (Å²) in [6.07, 6.45) is 1.50. The number of hydrogen-bond donors (Lipinski definition) is 0. The van der Waals surface area contributed by atoms with Crippen molar-refractivity contribution in [2.24, 2.45) is 0 Å². The van der Waals surface area contributed by atoms with Gasteiger partial charge in [-0.15, -0.1) is 0 Å². The molecule has 0 saturated carbocycles. The van der Waals surface area contributed by atoms with Gasteiger partial charge in [-0.2, -0.15) is 0 Å². The predicted octanol–water partition coefficient (Wildman–Crippen LogP) is 2.40. The van der Waals surface area contributed by atoms with Gasteiger partial charge < -0.3 is 4.74 Å². The fraction of sp³-hybridized carbons (Fsp3) is 0.111. The van der Waals surface area contributed by atoms with E-state index in [0.29, 0.717) is 5.88 Å². The van der Waals surface area contributed by atoms with Gasteiger partial charge in [0.05, 0.1) is 18.0 Å². The van der Waals surface area contributed by atoms with Crippen molar-refractivity contribution in [3.8, 4) is 5.88 Å². The SMILES string of the molecule is COc1ncnc2ccc(Br)cc12. The molecule has 2 aromatic rings. The van der Waals surface area contributed by atoms with E-state index < -0.39 is 0 Å². The van der Waals surface area contributed by atoms with Crippen molar-refractivity contribution in [2.45, 2.75) is 0 Å². The molecule has 0 bridgehead atoms. The number of fused-ring (bicyclic) bond motifs is 1. The molecule has 0 aliphatic carbocycles. The molecule has 0 unspecified atom stereocenters. The highest BCUT2D eigenvalue weighted by atomic mass is 79.9. The van der Waals surface area contributed by atoms with E-state index >= 15 is 0 Å². The minimum Gasteiger partial charge on any atom is -0.480 e. The van der Waals surface area contributed by atoms with Gasteiger partial charge in [-0.1, -0.05) is 15.9 Å². The maximum absolute atomic E-state index is 5.11. The fourth-order valence-electron chi connectivity index (χ4n) is 1.17. The van der Waals surface area contributed by atoms with E-state index in [2.05, 4.69) is 25.9 Å². The molecule has 0 aliphatic heterocycles. The van der Waals surface area contributed by atoms with Crippen LogP contribution in [0.1, 0.15) is 0 Å². The molecule has 1 aromatic carbocycles. The summed E-state index contributed by atoms with van der Waals surface area (Å²) < 4.78 is 6.10. The first-order chi connectivity index (χ1) is 6.31. The summed E-state index contributed by atoms with van der Waals surface area (Å²) in [6, 6.07) is 5.80. The Hall–Kier alpha value is -1.16. The van der Waals surface area contributed by atoms with Crippen molar-refractivity contribution in [1.29, 1.82) is 0 Å². The topological polar surface area (TPSA) is 35.0 Å². The highest BCUT2D eigenvalue weighted by Crippen LogP contribution is 2.24. The Morgan fingerprint density at radius 2 is 2.15 bits per heavy atom. The van der Waals surface area contributed by atoms with E-state index in [0.717, 1.165) is 15.4 Å². The summed E-state index contributed by atoms with van der Waals surface area (Å²) in [5.74, 6) is 0.603. The molecule has 0 spiro atoms. The number of rotatable bonds is 1. The van der Waals surface area contributed by atoms with Crippen molar-refractivity contribution in [2.75, 3.05) is 7.11 Å². The fourth-order valence-corrected chi connectivity index (χ4v) is 1.53. The number of ether oxygens (including phenoxy) is 1. The molecular formula is C9H7BrN2O. The molecule has 0 N–H and O–H groups in total. The van der Waals surface area contributed by atoms with Crippen molar-refractivity contribution >= 4 is 26.8 Å². The quantitative estimate of drug-likeness (QED) is 0.766. The minimum absolute atomic E-state index is 0.603. The zero-order valence-electron chi connectivity index (χ0n) is 6.99. The van der Waals surface area contributed by atoms with Crippen LogP contribution < -0.4 is 4.74 Å². The zero-order chi connectivity index (χ0) is 9.26. The number of methoxy groups -OCH3 is 1. The lowest BCUT2D eigenvalue weighted by molar-refractivity contribution is 0.402. The third-order valence-corrected chi connectivity index (χ3v) is 2.25. The van der Waals surface area contributed by atoms with Crippen LogP contribution in [-0.2, 0) is 0 Å². The van der Waals surface area contributed by atoms with E-state index in [1.54, 1.807) is 7.11 Å². The third kappa shape index (κ3) is 1.49. The molecule has 66 valence electrons. The highest BCUT2D eigenvalue weighted by Gasteiger charge is 2.02. The van der Waals surface area contributed by atoms with Gasteiger partial charge in [0.25, 0.3) is 0 Å².